The van der Waals surface area contributed by atoms with Crippen LogP contribution in [0.15, 0.2) is 18.3 Å². The van der Waals surface area contributed by atoms with Crippen LogP contribution in [0.2, 0.25) is 0 Å². The predicted molar refractivity (Wildman–Crippen MR) is 81.9 cm³/mol. The van der Waals surface area contributed by atoms with Crippen LogP contribution in [0.25, 0.3) is 0 Å². The van der Waals surface area contributed by atoms with Gasteiger partial charge in [-0.25, -0.2) is 0 Å². The Bertz CT molecular complexity index is 433. The van der Waals surface area contributed by atoms with E-state index in [1.165, 1.54) is 12.8 Å². The van der Waals surface area contributed by atoms with Crippen molar-refractivity contribution in [2.24, 2.45) is 0 Å². The maximum atomic E-state index is 12.8. The number of amides is 1. The first kappa shape index (κ1) is 15.1. The van der Waals surface area contributed by atoms with Crippen LogP contribution in [0, 0.1) is 0 Å². The summed E-state index contributed by atoms with van der Waals surface area (Å²) in [6.45, 7) is 9.13. The Kier molecular flexibility index (Phi) is 5.24. The summed E-state index contributed by atoms with van der Waals surface area (Å²) < 4.78 is 2.07. The molecule has 0 aromatic carbocycles. The molecule has 1 atom stereocenters. The highest BCUT2D eigenvalue weighted by Crippen LogP contribution is 2.14. The third-order valence-corrected chi connectivity index (χ3v) is 3.98. The predicted octanol–water partition coefficient (Wildman–Crippen LogP) is 2.50. The summed E-state index contributed by atoms with van der Waals surface area (Å²) in [5.74, 6) is 0.159. The van der Waals surface area contributed by atoms with Crippen LogP contribution in [-0.2, 0) is 6.54 Å². The highest BCUT2D eigenvalue weighted by molar-refractivity contribution is 5.93. The molecule has 1 fully saturated rings. The standard InChI is InChI=1S/C16H27N3O/c1-4-10-18-11-6-8-15(18)16(20)19(13(2)3)12-14-7-5-9-17-14/h6,8,11,13-14,17H,4-5,7,9-10,12H2,1-3H3. The van der Waals surface area contributed by atoms with Crippen molar-refractivity contribution in [3.8, 4) is 0 Å². The van der Waals surface area contributed by atoms with Gasteiger partial charge in [0.25, 0.3) is 5.91 Å². The summed E-state index contributed by atoms with van der Waals surface area (Å²) >= 11 is 0. The van der Waals surface area contributed by atoms with Gasteiger partial charge in [0.05, 0.1) is 0 Å². The summed E-state index contributed by atoms with van der Waals surface area (Å²) in [4.78, 5) is 14.8. The molecule has 0 aliphatic carbocycles. The molecular formula is C16H27N3O. The monoisotopic (exact) mass is 277 g/mol. The fourth-order valence-corrected chi connectivity index (χ4v) is 2.87. The largest absolute Gasteiger partial charge is 0.344 e. The molecule has 1 N–H and O–H groups in total. The topological polar surface area (TPSA) is 37.3 Å². The van der Waals surface area contributed by atoms with Gasteiger partial charge >= 0.3 is 0 Å². The van der Waals surface area contributed by atoms with E-state index in [-0.39, 0.29) is 11.9 Å². The molecule has 1 unspecified atom stereocenters. The van der Waals surface area contributed by atoms with E-state index in [0.717, 1.165) is 31.7 Å². The summed E-state index contributed by atoms with van der Waals surface area (Å²) in [5.41, 5.74) is 0.818. The Balaban J connectivity index is 2.11. The van der Waals surface area contributed by atoms with E-state index in [4.69, 9.17) is 0 Å². The molecule has 2 rings (SSSR count). The lowest BCUT2D eigenvalue weighted by atomic mass is 10.1. The molecule has 1 saturated heterocycles. The molecule has 1 aromatic heterocycles. The van der Waals surface area contributed by atoms with Crippen LogP contribution in [0.3, 0.4) is 0 Å². The van der Waals surface area contributed by atoms with E-state index in [9.17, 15) is 4.79 Å². The van der Waals surface area contributed by atoms with E-state index < -0.39 is 0 Å². The molecule has 2 heterocycles. The summed E-state index contributed by atoms with van der Waals surface area (Å²) in [7, 11) is 0. The second-order valence-electron chi connectivity index (χ2n) is 5.93. The SMILES string of the molecule is CCCn1cccc1C(=O)N(CC1CCCN1)C(C)C. The van der Waals surface area contributed by atoms with Crippen LogP contribution in [0.4, 0.5) is 0 Å². The lowest BCUT2D eigenvalue weighted by Gasteiger charge is -2.30. The van der Waals surface area contributed by atoms with Crippen LogP contribution >= 0.6 is 0 Å². The van der Waals surface area contributed by atoms with Crippen molar-refractivity contribution in [1.29, 1.82) is 0 Å². The van der Waals surface area contributed by atoms with Gasteiger partial charge in [-0.15, -0.1) is 0 Å². The van der Waals surface area contributed by atoms with Crippen molar-refractivity contribution in [1.82, 2.24) is 14.8 Å². The molecule has 20 heavy (non-hydrogen) atoms. The van der Waals surface area contributed by atoms with Gasteiger partial charge in [0.1, 0.15) is 5.69 Å². The maximum absolute atomic E-state index is 12.8. The number of hydrogen-bond acceptors (Lipinski definition) is 2. The lowest BCUT2D eigenvalue weighted by Crippen LogP contribution is -2.45. The smallest absolute Gasteiger partial charge is 0.270 e. The zero-order valence-electron chi connectivity index (χ0n) is 12.9. The van der Waals surface area contributed by atoms with Gasteiger partial charge in [0.2, 0.25) is 0 Å². The Morgan fingerprint density at radius 3 is 2.95 bits per heavy atom. The third-order valence-electron chi connectivity index (χ3n) is 3.98. The number of nitrogens with zero attached hydrogens (tertiary/aromatic N) is 2. The quantitative estimate of drug-likeness (QED) is 0.867. The van der Waals surface area contributed by atoms with E-state index in [1.807, 2.05) is 23.2 Å². The second kappa shape index (κ2) is 6.93. The van der Waals surface area contributed by atoms with Gasteiger partial charge in [-0.2, -0.15) is 0 Å². The Hall–Kier alpha value is -1.29. The second-order valence-corrected chi connectivity index (χ2v) is 5.93. The van der Waals surface area contributed by atoms with Gasteiger partial charge in [-0.3, -0.25) is 4.79 Å². The molecule has 0 spiro atoms. The van der Waals surface area contributed by atoms with Crippen molar-refractivity contribution in [3.05, 3.63) is 24.0 Å². The van der Waals surface area contributed by atoms with Gasteiger partial charge in [0, 0.05) is 31.4 Å². The summed E-state index contributed by atoms with van der Waals surface area (Å²) in [6, 6.07) is 4.59. The number of carbonyl (C=O) groups is 1. The minimum absolute atomic E-state index is 0.159. The van der Waals surface area contributed by atoms with Crippen molar-refractivity contribution >= 4 is 5.91 Å². The highest BCUT2D eigenvalue weighted by atomic mass is 16.2. The summed E-state index contributed by atoms with van der Waals surface area (Å²) in [6.07, 6.45) is 5.44. The normalized spacial score (nSPS) is 18.7. The van der Waals surface area contributed by atoms with Crippen LogP contribution < -0.4 is 5.32 Å². The average Bonchev–Trinajstić information content (AvgIpc) is 3.06. The first-order chi connectivity index (χ1) is 9.63. The van der Waals surface area contributed by atoms with E-state index in [2.05, 4.69) is 30.7 Å². The number of carbonyl (C=O) groups excluding carboxylic acids is 1. The van der Waals surface area contributed by atoms with Crippen LogP contribution in [-0.4, -0.2) is 40.5 Å². The van der Waals surface area contributed by atoms with Crippen LogP contribution in [0.5, 0.6) is 0 Å². The summed E-state index contributed by atoms with van der Waals surface area (Å²) in [5, 5.41) is 3.48. The lowest BCUT2D eigenvalue weighted by molar-refractivity contribution is 0.0678. The van der Waals surface area contributed by atoms with Crippen molar-refractivity contribution in [2.75, 3.05) is 13.1 Å². The molecule has 1 aliphatic rings. The zero-order chi connectivity index (χ0) is 14.5. The Morgan fingerprint density at radius 1 is 1.55 bits per heavy atom. The average molecular weight is 277 g/mol. The molecule has 1 aromatic rings. The van der Waals surface area contributed by atoms with E-state index in [1.54, 1.807) is 0 Å². The van der Waals surface area contributed by atoms with Crippen molar-refractivity contribution < 1.29 is 4.79 Å². The Morgan fingerprint density at radius 2 is 2.35 bits per heavy atom. The molecule has 1 aliphatic heterocycles. The minimum Gasteiger partial charge on any atom is -0.344 e. The van der Waals surface area contributed by atoms with Gasteiger partial charge < -0.3 is 14.8 Å². The molecular weight excluding hydrogens is 250 g/mol. The highest BCUT2D eigenvalue weighted by Gasteiger charge is 2.25. The number of nitrogens with one attached hydrogen (secondary N) is 1. The Labute approximate surface area is 122 Å². The fraction of sp³-hybridized carbons (Fsp3) is 0.688. The zero-order valence-corrected chi connectivity index (χ0v) is 12.9. The first-order valence-electron chi connectivity index (χ1n) is 7.83. The molecule has 0 radical (unpaired) electrons. The number of rotatable bonds is 6. The van der Waals surface area contributed by atoms with E-state index in [0.29, 0.717) is 6.04 Å². The first-order valence-corrected chi connectivity index (χ1v) is 7.83. The molecule has 4 heteroatoms. The van der Waals surface area contributed by atoms with Gasteiger partial charge in [-0.05, 0) is 51.8 Å². The molecule has 4 nitrogen and oxygen atoms in total. The molecule has 1 amide bonds. The van der Waals surface area contributed by atoms with Crippen molar-refractivity contribution in [2.45, 2.75) is 58.7 Å². The van der Waals surface area contributed by atoms with Gasteiger partial charge in [-0.1, -0.05) is 6.92 Å². The molecule has 0 saturated carbocycles. The number of aryl methyl sites for hydroxylation is 1. The minimum atomic E-state index is 0.159. The fourth-order valence-electron chi connectivity index (χ4n) is 2.87. The number of aromatic nitrogens is 1. The van der Waals surface area contributed by atoms with Crippen molar-refractivity contribution in [3.63, 3.8) is 0 Å². The molecule has 112 valence electrons. The molecule has 0 bridgehead atoms. The third kappa shape index (κ3) is 3.42. The van der Waals surface area contributed by atoms with E-state index >= 15 is 0 Å². The van der Waals surface area contributed by atoms with Crippen LogP contribution in [0.1, 0.15) is 50.5 Å². The van der Waals surface area contributed by atoms with Gasteiger partial charge in [0.15, 0.2) is 0 Å². The number of hydrogen-bond donors (Lipinski definition) is 1. The maximum Gasteiger partial charge on any atom is 0.270 e.